The Bertz CT molecular complexity index is 586. The molecule has 2 rings (SSSR count). The van der Waals surface area contributed by atoms with Crippen molar-refractivity contribution >= 4 is 17.7 Å². The molecule has 156 valence electrons. The second kappa shape index (κ2) is 13.0. The van der Waals surface area contributed by atoms with Gasteiger partial charge in [0.25, 0.3) is 0 Å². The summed E-state index contributed by atoms with van der Waals surface area (Å²) in [5.74, 6) is 1.97. The third kappa shape index (κ3) is 7.74. The lowest BCUT2D eigenvalue weighted by Gasteiger charge is -2.37. The van der Waals surface area contributed by atoms with E-state index in [1.54, 1.807) is 0 Å². The Morgan fingerprint density at radius 3 is 2.61 bits per heavy atom. The molecule has 0 amide bonds. The average molecular weight is 390 g/mol. The van der Waals surface area contributed by atoms with Crippen molar-refractivity contribution in [1.29, 1.82) is 0 Å². The van der Waals surface area contributed by atoms with Crippen LogP contribution in [-0.4, -0.2) is 67.7 Å². The molecule has 0 radical (unpaired) electrons. The molecule has 7 heteroatoms. The fourth-order valence-electron chi connectivity index (χ4n) is 3.27. The van der Waals surface area contributed by atoms with Gasteiger partial charge in [-0.25, -0.2) is 4.98 Å². The quantitative estimate of drug-likeness (QED) is 0.287. The number of carbonyl (C=O) groups is 1. The predicted molar refractivity (Wildman–Crippen MR) is 114 cm³/mol. The first-order chi connectivity index (χ1) is 13.7. The lowest BCUT2D eigenvalue weighted by atomic mass is 10.1. The number of anilines is 1. The predicted octanol–water partition coefficient (Wildman–Crippen LogP) is 2.68. The summed E-state index contributed by atoms with van der Waals surface area (Å²) in [6.07, 6.45) is 6.47. The second-order valence-electron chi connectivity index (χ2n) is 6.87. The number of piperazine rings is 1. The van der Waals surface area contributed by atoms with Gasteiger partial charge in [0.15, 0.2) is 5.96 Å². The number of hydrogen-bond donors (Lipinski definition) is 1. The summed E-state index contributed by atoms with van der Waals surface area (Å²) in [6.45, 7) is 9.91. The highest BCUT2D eigenvalue weighted by Crippen LogP contribution is 2.12. The SMILES string of the molecule is CCNC(=NCCCCCCC(=O)OCC)N1CCN(c2ccccn2)CC1. The zero-order chi connectivity index (χ0) is 20.0. The summed E-state index contributed by atoms with van der Waals surface area (Å²) < 4.78 is 4.95. The molecular weight excluding hydrogens is 354 g/mol. The summed E-state index contributed by atoms with van der Waals surface area (Å²) in [5, 5.41) is 3.42. The summed E-state index contributed by atoms with van der Waals surface area (Å²) in [4.78, 5) is 25.2. The van der Waals surface area contributed by atoms with E-state index >= 15 is 0 Å². The van der Waals surface area contributed by atoms with Gasteiger partial charge in [0.2, 0.25) is 0 Å². The molecule has 0 spiro atoms. The zero-order valence-corrected chi connectivity index (χ0v) is 17.4. The molecule has 1 fully saturated rings. The lowest BCUT2D eigenvalue weighted by molar-refractivity contribution is -0.143. The summed E-state index contributed by atoms with van der Waals surface area (Å²) in [6, 6.07) is 6.05. The van der Waals surface area contributed by atoms with Crippen molar-refractivity contribution in [3.05, 3.63) is 24.4 Å². The number of esters is 1. The molecule has 1 aromatic heterocycles. The van der Waals surface area contributed by atoms with Crippen LogP contribution >= 0.6 is 0 Å². The molecule has 1 aliphatic rings. The highest BCUT2D eigenvalue weighted by atomic mass is 16.5. The first-order valence-electron chi connectivity index (χ1n) is 10.6. The molecule has 1 aromatic rings. The van der Waals surface area contributed by atoms with Gasteiger partial charge < -0.3 is 19.9 Å². The van der Waals surface area contributed by atoms with E-state index in [9.17, 15) is 4.79 Å². The fraction of sp³-hybridized carbons (Fsp3) is 0.667. The number of unbranched alkanes of at least 4 members (excludes halogenated alkanes) is 3. The number of nitrogens with one attached hydrogen (secondary N) is 1. The second-order valence-corrected chi connectivity index (χ2v) is 6.87. The average Bonchev–Trinajstić information content (AvgIpc) is 2.73. The van der Waals surface area contributed by atoms with E-state index in [1.807, 2.05) is 25.3 Å². The topological polar surface area (TPSA) is 70.1 Å². The third-order valence-electron chi connectivity index (χ3n) is 4.74. The van der Waals surface area contributed by atoms with Gasteiger partial charge in [-0.05, 0) is 38.8 Å². The van der Waals surface area contributed by atoms with Crippen LogP contribution in [0.2, 0.25) is 0 Å². The maximum absolute atomic E-state index is 11.3. The van der Waals surface area contributed by atoms with E-state index in [-0.39, 0.29) is 5.97 Å². The Morgan fingerprint density at radius 2 is 1.93 bits per heavy atom. The van der Waals surface area contributed by atoms with Crippen LogP contribution in [0.4, 0.5) is 5.82 Å². The molecule has 0 unspecified atom stereocenters. The van der Waals surface area contributed by atoms with Gasteiger partial charge in [0.05, 0.1) is 6.61 Å². The first kappa shape index (κ1) is 22.0. The molecule has 0 bridgehead atoms. The minimum absolute atomic E-state index is 0.0835. The van der Waals surface area contributed by atoms with E-state index in [1.165, 1.54) is 0 Å². The van der Waals surface area contributed by atoms with Gasteiger partial charge in [0, 0.05) is 51.9 Å². The zero-order valence-electron chi connectivity index (χ0n) is 17.4. The molecular formula is C21H35N5O2. The highest BCUT2D eigenvalue weighted by Gasteiger charge is 2.20. The lowest BCUT2D eigenvalue weighted by Crippen LogP contribution is -2.52. The number of nitrogens with zero attached hydrogens (tertiary/aromatic N) is 4. The van der Waals surface area contributed by atoms with Crippen LogP contribution in [0.1, 0.15) is 46.0 Å². The number of hydrogen-bond acceptors (Lipinski definition) is 5. The maximum Gasteiger partial charge on any atom is 0.305 e. The highest BCUT2D eigenvalue weighted by molar-refractivity contribution is 5.80. The van der Waals surface area contributed by atoms with Gasteiger partial charge in [-0.2, -0.15) is 0 Å². The number of ether oxygens (including phenoxy) is 1. The number of pyridine rings is 1. The van der Waals surface area contributed by atoms with Crippen LogP contribution in [0.5, 0.6) is 0 Å². The van der Waals surface area contributed by atoms with Crippen molar-refractivity contribution < 1.29 is 9.53 Å². The van der Waals surface area contributed by atoms with Crippen LogP contribution in [0.15, 0.2) is 29.4 Å². The minimum Gasteiger partial charge on any atom is -0.466 e. The van der Waals surface area contributed by atoms with Crippen molar-refractivity contribution in [3.63, 3.8) is 0 Å². The van der Waals surface area contributed by atoms with Gasteiger partial charge >= 0.3 is 5.97 Å². The van der Waals surface area contributed by atoms with Crippen molar-refractivity contribution in [3.8, 4) is 0 Å². The summed E-state index contributed by atoms with van der Waals surface area (Å²) in [5.41, 5.74) is 0. The standard InChI is InChI=1S/C21H35N5O2/c1-3-22-21(24-14-9-6-5-7-12-20(27)28-4-2)26-17-15-25(16-18-26)19-11-8-10-13-23-19/h8,10-11,13H,3-7,9,12,14-18H2,1-2H3,(H,22,24). The summed E-state index contributed by atoms with van der Waals surface area (Å²) >= 11 is 0. The van der Waals surface area contributed by atoms with Crippen molar-refractivity contribution in [2.75, 3.05) is 50.8 Å². The van der Waals surface area contributed by atoms with E-state index in [4.69, 9.17) is 9.73 Å². The Morgan fingerprint density at radius 1 is 1.14 bits per heavy atom. The molecule has 1 N–H and O–H groups in total. The molecule has 0 saturated carbocycles. The smallest absolute Gasteiger partial charge is 0.305 e. The number of carbonyl (C=O) groups excluding carboxylic acids is 1. The molecule has 1 saturated heterocycles. The minimum atomic E-state index is -0.0835. The van der Waals surface area contributed by atoms with Gasteiger partial charge in [-0.3, -0.25) is 9.79 Å². The third-order valence-corrected chi connectivity index (χ3v) is 4.74. The van der Waals surface area contributed by atoms with Crippen LogP contribution in [0, 0.1) is 0 Å². The van der Waals surface area contributed by atoms with Gasteiger partial charge in [-0.1, -0.05) is 18.9 Å². The van der Waals surface area contributed by atoms with Crippen LogP contribution < -0.4 is 10.2 Å². The van der Waals surface area contributed by atoms with E-state index in [0.29, 0.717) is 13.0 Å². The molecule has 28 heavy (non-hydrogen) atoms. The number of aromatic nitrogens is 1. The molecule has 2 heterocycles. The number of rotatable bonds is 10. The summed E-state index contributed by atoms with van der Waals surface area (Å²) in [7, 11) is 0. The molecule has 0 atom stereocenters. The van der Waals surface area contributed by atoms with Gasteiger partial charge in [0.1, 0.15) is 5.82 Å². The molecule has 0 aliphatic carbocycles. The van der Waals surface area contributed by atoms with E-state index in [2.05, 4.69) is 33.1 Å². The van der Waals surface area contributed by atoms with Crippen molar-refractivity contribution in [1.82, 2.24) is 15.2 Å². The Kier molecular flexibility index (Phi) is 10.2. The van der Waals surface area contributed by atoms with E-state index in [0.717, 1.165) is 76.7 Å². The maximum atomic E-state index is 11.3. The Hall–Kier alpha value is -2.31. The monoisotopic (exact) mass is 389 g/mol. The first-order valence-corrected chi connectivity index (χ1v) is 10.6. The molecule has 7 nitrogen and oxygen atoms in total. The van der Waals surface area contributed by atoms with Crippen LogP contribution in [0.3, 0.4) is 0 Å². The van der Waals surface area contributed by atoms with E-state index < -0.39 is 0 Å². The van der Waals surface area contributed by atoms with Crippen LogP contribution in [-0.2, 0) is 9.53 Å². The van der Waals surface area contributed by atoms with Gasteiger partial charge in [-0.15, -0.1) is 0 Å². The largest absolute Gasteiger partial charge is 0.466 e. The molecule has 0 aromatic carbocycles. The number of aliphatic imine (C=N–C) groups is 1. The Balaban J connectivity index is 1.68. The molecule has 1 aliphatic heterocycles. The van der Waals surface area contributed by atoms with Crippen LogP contribution in [0.25, 0.3) is 0 Å². The van der Waals surface area contributed by atoms with Crippen molar-refractivity contribution in [2.24, 2.45) is 4.99 Å². The Labute approximate surface area is 169 Å². The normalized spacial score (nSPS) is 14.9. The number of guanidine groups is 1. The van der Waals surface area contributed by atoms with Crippen molar-refractivity contribution in [2.45, 2.75) is 46.0 Å². The fourth-order valence-corrected chi connectivity index (χ4v) is 3.27.